The van der Waals surface area contributed by atoms with Crippen LogP contribution in [0.15, 0.2) is 340 Å². The van der Waals surface area contributed by atoms with Crippen molar-refractivity contribution in [3.05, 3.63) is 389 Å². The third-order valence-electron chi connectivity index (χ3n) is 15.9. The molecule has 12 heteroatoms. The van der Waals surface area contributed by atoms with E-state index in [-0.39, 0.29) is 80.4 Å². The predicted octanol–water partition coefficient (Wildman–Crippen LogP) is 21.3. The molecule has 0 bridgehead atoms. The SMILES string of the molecule is CN1[CH-]N(c2[c-]cccc2)C=C1c1ccc(-c2ccccc2)cc1.Cn1nc(-c2[c-]cccc2)cc1-c1ccc(-c2ccccc2)cc1.[Ir].[Ir].[Ir].[Ir].[c-]1ccccc1-c1cc(-c2ccc(-c3ccccc3)cc2)sn1.[c-]1ccccc1N1C=C(c2ccc(-c3ccccc3)cc2)O[CH-]1. The van der Waals surface area contributed by atoms with Gasteiger partial charge in [-0.2, -0.15) is 67.3 Å². The number of para-hydroxylation sites is 2. The second-order valence-corrected chi connectivity index (χ2v) is 23.0. The molecule has 12 aromatic carbocycles. The standard InChI is InChI=1S/C22H18N2.C22H17N2.C21H15NO.C21H14NS.4Ir/c1-23-17-24(21-10-6-3-7-11-21)16-22(23)20-14-12-19(13-15-20)18-8-4-2-5-9-18;1-24-22(16-21(23-24)19-10-6-3-7-11-19)20-14-12-18(13-15-20)17-8-4-2-5-9-17;1-3-7-17(8-4-1)18-11-13-19(14-12-18)21-15-22(16-23-21)20-9-5-2-6-10-20;1-3-7-16(8-4-1)17-11-13-19(14-12-17)21-15-20(22-23-21)18-9-5-2-6-10-18;;;;/h2-10,12-17H,1H3;2-10,12-16H,1H3;1-9,11-16H;1-9,11-15H;;;;/q-2;-1;-2;-1;;;;. The number of rotatable bonds is 12. The first-order valence-corrected chi connectivity index (χ1v) is 31.8. The van der Waals surface area contributed by atoms with E-state index in [1.807, 2.05) is 138 Å². The van der Waals surface area contributed by atoms with Crippen molar-refractivity contribution < 1.29 is 85.2 Å². The molecule has 0 amide bonds. The Morgan fingerprint density at radius 1 is 0.347 bits per heavy atom. The summed E-state index contributed by atoms with van der Waals surface area (Å²) in [7, 11) is 4.05. The van der Waals surface area contributed by atoms with Crippen LogP contribution in [-0.4, -0.2) is 26.1 Å². The minimum Gasteiger partial charge on any atom is -0.640 e. The second-order valence-electron chi connectivity index (χ2n) is 22.2. The molecule has 0 saturated carbocycles. The van der Waals surface area contributed by atoms with E-state index in [4.69, 9.17) is 4.74 Å². The Hall–Kier alpha value is -9.24. The minimum atomic E-state index is 0. The Balaban J connectivity index is 0.000000151. The molecule has 2 aliphatic rings. The van der Waals surface area contributed by atoms with Gasteiger partial charge in [-0.25, -0.2) is 9.47 Å². The Bertz CT molecular complexity index is 4730. The van der Waals surface area contributed by atoms with Crippen molar-refractivity contribution in [2.75, 3.05) is 16.8 Å². The summed E-state index contributed by atoms with van der Waals surface area (Å²) in [5, 5.41) is 4.62. The summed E-state index contributed by atoms with van der Waals surface area (Å²) >= 11 is 1.53. The number of hydrogen-bond acceptors (Lipinski definition) is 7. The first-order valence-electron chi connectivity index (χ1n) is 31.0. The number of hydrogen-bond donors (Lipinski definition) is 0. The Kier molecular flexibility index (Phi) is 27.1. The molecule has 0 aliphatic carbocycles. The molecule has 0 saturated heterocycles. The van der Waals surface area contributed by atoms with Crippen LogP contribution in [-0.2, 0) is 92.2 Å². The van der Waals surface area contributed by atoms with Crippen LogP contribution in [0.3, 0.4) is 0 Å². The molecule has 14 aromatic rings. The molecule has 98 heavy (non-hydrogen) atoms. The maximum Gasteiger partial charge on any atom is 0.108 e. The number of benzene rings is 12. The largest absolute Gasteiger partial charge is 0.640 e. The summed E-state index contributed by atoms with van der Waals surface area (Å²) < 4.78 is 12.2. The van der Waals surface area contributed by atoms with Gasteiger partial charge in [0.1, 0.15) is 5.76 Å². The van der Waals surface area contributed by atoms with E-state index in [2.05, 4.69) is 276 Å². The summed E-state index contributed by atoms with van der Waals surface area (Å²) in [4.78, 5) is 7.34. The van der Waals surface area contributed by atoms with Crippen LogP contribution >= 0.6 is 11.5 Å². The quantitative estimate of drug-likeness (QED) is 0.114. The van der Waals surface area contributed by atoms with Crippen molar-refractivity contribution in [1.29, 1.82) is 0 Å². The first-order chi connectivity index (χ1) is 46.4. The fourth-order valence-corrected chi connectivity index (χ4v) is 11.7. The van der Waals surface area contributed by atoms with Gasteiger partial charge in [0.25, 0.3) is 0 Å². The van der Waals surface area contributed by atoms with Crippen LogP contribution in [0.4, 0.5) is 11.4 Å². The van der Waals surface area contributed by atoms with Crippen molar-refractivity contribution in [2.24, 2.45) is 7.05 Å². The van der Waals surface area contributed by atoms with Crippen LogP contribution in [0.25, 0.3) is 100 Å². The average molecular weight is 2000 g/mol. The third kappa shape index (κ3) is 18.7. The summed E-state index contributed by atoms with van der Waals surface area (Å²) in [5.74, 6) is 0.835. The summed E-state index contributed by atoms with van der Waals surface area (Å²) in [5.41, 5.74) is 22.7. The van der Waals surface area contributed by atoms with Gasteiger partial charge in [-0.3, -0.25) is 4.68 Å². The molecule has 4 heterocycles. The van der Waals surface area contributed by atoms with Gasteiger partial charge in [0.2, 0.25) is 0 Å². The summed E-state index contributed by atoms with van der Waals surface area (Å²) in [6, 6.07) is 125. The molecule has 0 fully saturated rings. The van der Waals surface area contributed by atoms with Gasteiger partial charge in [0.05, 0.1) is 5.69 Å². The monoisotopic (exact) mass is 2000 g/mol. The average Bonchev–Trinajstić information content (AvgIpc) is 1.60. The zero-order valence-electron chi connectivity index (χ0n) is 53.3. The van der Waals surface area contributed by atoms with Gasteiger partial charge >= 0.3 is 0 Å². The van der Waals surface area contributed by atoms with Crippen LogP contribution in [0.1, 0.15) is 11.1 Å². The minimum absolute atomic E-state index is 0. The van der Waals surface area contributed by atoms with Gasteiger partial charge in [0, 0.05) is 121 Å². The normalized spacial score (nSPS) is 11.7. The molecule has 2 aliphatic heterocycles. The summed E-state index contributed by atoms with van der Waals surface area (Å²) in [6.45, 7) is 3.78. The van der Waals surface area contributed by atoms with Crippen LogP contribution in [0.2, 0.25) is 0 Å². The first kappa shape index (κ1) is 73.0. The Labute approximate surface area is 634 Å². The zero-order valence-corrected chi connectivity index (χ0v) is 63.7. The van der Waals surface area contributed by atoms with Gasteiger partial charge in [-0.1, -0.05) is 237 Å². The van der Waals surface area contributed by atoms with E-state index in [1.54, 1.807) is 6.73 Å². The van der Waals surface area contributed by atoms with Crippen molar-refractivity contribution in [3.63, 3.8) is 0 Å². The van der Waals surface area contributed by atoms with Crippen molar-refractivity contribution in [1.82, 2.24) is 19.1 Å². The number of nitrogens with zero attached hydrogens (tertiary/aromatic N) is 6. The van der Waals surface area contributed by atoms with Crippen LogP contribution in [0, 0.1) is 37.7 Å². The fourth-order valence-electron chi connectivity index (χ4n) is 10.9. The number of anilines is 2. The molecule has 4 radical (unpaired) electrons. The molecule has 492 valence electrons. The van der Waals surface area contributed by atoms with E-state index in [1.165, 1.54) is 77.7 Å². The van der Waals surface area contributed by atoms with Gasteiger partial charge in [-0.05, 0) is 86.0 Å². The van der Waals surface area contributed by atoms with Gasteiger partial charge in [0.15, 0.2) is 0 Å². The van der Waals surface area contributed by atoms with Crippen molar-refractivity contribution in [3.8, 4) is 88.7 Å². The molecule has 2 aromatic heterocycles. The maximum atomic E-state index is 5.69. The van der Waals surface area contributed by atoms with E-state index in [0.29, 0.717) is 0 Å². The van der Waals surface area contributed by atoms with Crippen molar-refractivity contribution >= 4 is 34.4 Å². The zero-order chi connectivity index (χ0) is 63.7. The summed E-state index contributed by atoms with van der Waals surface area (Å²) in [6.07, 6.45) is 4.12. The third-order valence-corrected chi connectivity index (χ3v) is 16.8. The molecule has 7 nitrogen and oxygen atoms in total. The molecular formula is C86H64Ir4N6OS-6. The number of aromatic nitrogens is 3. The Morgan fingerprint density at radius 3 is 1.16 bits per heavy atom. The van der Waals surface area contributed by atoms with E-state index in [0.717, 1.165) is 56.5 Å². The molecule has 0 atom stereocenters. The van der Waals surface area contributed by atoms with E-state index < -0.39 is 0 Å². The molecule has 0 spiro atoms. The smallest absolute Gasteiger partial charge is 0.108 e. The van der Waals surface area contributed by atoms with Crippen molar-refractivity contribution in [2.45, 2.75) is 0 Å². The van der Waals surface area contributed by atoms with Gasteiger partial charge < -0.3 is 19.4 Å². The van der Waals surface area contributed by atoms with Gasteiger partial charge in [-0.15, -0.1) is 83.2 Å². The molecular weight excluding hydrogens is 1930 g/mol. The fraction of sp³-hybridized carbons (Fsp3) is 0.0233. The Morgan fingerprint density at radius 2 is 0.724 bits per heavy atom. The predicted molar refractivity (Wildman–Crippen MR) is 388 cm³/mol. The van der Waals surface area contributed by atoms with Crippen LogP contribution in [0.5, 0.6) is 0 Å². The van der Waals surface area contributed by atoms with E-state index >= 15 is 0 Å². The second kappa shape index (κ2) is 36.4. The topological polar surface area (TPSA) is 49.7 Å². The van der Waals surface area contributed by atoms with E-state index in [9.17, 15) is 0 Å². The number of aryl methyl sites for hydroxylation is 1. The molecule has 0 N–H and O–H groups in total. The number of ether oxygens (including phenoxy) is 1. The van der Waals surface area contributed by atoms with Crippen LogP contribution < -0.4 is 9.80 Å². The molecule has 16 rings (SSSR count). The molecule has 0 unspecified atom stereocenters. The maximum absolute atomic E-state index is 5.69.